The Labute approximate surface area is 187 Å². The van der Waals surface area contributed by atoms with Crippen molar-refractivity contribution in [3.05, 3.63) is 99.5 Å². The van der Waals surface area contributed by atoms with E-state index in [1.54, 1.807) is 17.8 Å². The van der Waals surface area contributed by atoms with Crippen LogP contribution in [-0.4, -0.2) is 24.3 Å². The molecule has 0 fully saturated rings. The van der Waals surface area contributed by atoms with Crippen LogP contribution >= 0.6 is 35.0 Å². The summed E-state index contributed by atoms with van der Waals surface area (Å²) in [6.45, 7) is 3.44. The first-order chi connectivity index (χ1) is 14.1. The highest BCUT2D eigenvalue weighted by molar-refractivity contribution is 7.98. The Morgan fingerprint density at radius 1 is 0.931 bits per heavy atom. The van der Waals surface area contributed by atoms with Crippen LogP contribution in [0.2, 0.25) is 10.0 Å². The predicted molar refractivity (Wildman–Crippen MR) is 125 cm³/mol. The molecule has 0 saturated heterocycles. The zero-order chi connectivity index (χ0) is 20.6. The van der Waals surface area contributed by atoms with Crippen molar-refractivity contribution < 1.29 is 5.11 Å². The lowest BCUT2D eigenvalue weighted by Gasteiger charge is -2.24. The molecule has 0 aliphatic rings. The Bertz CT molecular complexity index is 903. The van der Waals surface area contributed by atoms with Crippen LogP contribution in [0, 0.1) is 0 Å². The van der Waals surface area contributed by atoms with Crippen molar-refractivity contribution >= 4 is 35.0 Å². The third-order valence-electron chi connectivity index (χ3n) is 4.80. The summed E-state index contributed by atoms with van der Waals surface area (Å²) in [5.41, 5.74) is 3.29. The van der Waals surface area contributed by atoms with E-state index in [9.17, 15) is 5.11 Å². The molecule has 152 valence electrons. The van der Waals surface area contributed by atoms with E-state index in [-0.39, 0.29) is 5.92 Å². The molecule has 0 spiro atoms. The Hall–Kier alpha value is -1.49. The minimum absolute atomic E-state index is 0.0694. The average molecular weight is 446 g/mol. The van der Waals surface area contributed by atoms with E-state index in [0.29, 0.717) is 16.6 Å². The highest BCUT2D eigenvalue weighted by atomic mass is 35.5. The molecule has 3 rings (SSSR count). The van der Waals surface area contributed by atoms with Gasteiger partial charge < -0.3 is 10.4 Å². The summed E-state index contributed by atoms with van der Waals surface area (Å²) >= 11 is 14.0. The first kappa shape index (κ1) is 22.2. The molecule has 3 aromatic carbocycles. The predicted octanol–water partition coefficient (Wildman–Crippen LogP) is 6.39. The first-order valence-corrected chi connectivity index (χ1v) is 11.4. The SMILES string of the molecule is CCNCC(O)C(c1ccccc1)c1ccc(SCc2ccc(Cl)cc2Cl)cc1. The van der Waals surface area contributed by atoms with Gasteiger partial charge in [-0.2, -0.15) is 0 Å². The summed E-state index contributed by atoms with van der Waals surface area (Å²) in [6.07, 6.45) is -0.497. The molecule has 3 aromatic rings. The lowest BCUT2D eigenvalue weighted by atomic mass is 9.86. The number of thioether (sulfide) groups is 1. The second-order valence-electron chi connectivity index (χ2n) is 6.86. The molecule has 0 bridgehead atoms. The van der Waals surface area contributed by atoms with Crippen LogP contribution in [0.1, 0.15) is 29.5 Å². The van der Waals surface area contributed by atoms with Crippen molar-refractivity contribution in [2.24, 2.45) is 0 Å². The fraction of sp³-hybridized carbons (Fsp3) is 0.250. The van der Waals surface area contributed by atoms with Crippen LogP contribution < -0.4 is 5.32 Å². The van der Waals surface area contributed by atoms with Gasteiger partial charge in [-0.05, 0) is 47.5 Å². The maximum atomic E-state index is 10.8. The van der Waals surface area contributed by atoms with Crippen molar-refractivity contribution in [1.29, 1.82) is 0 Å². The van der Waals surface area contributed by atoms with Crippen LogP contribution in [0.25, 0.3) is 0 Å². The van der Waals surface area contributed by atoms with Crippen molar-refractivity contribution in [2.75, 3.05) is 13.1 Å². The molecule has 0 saturated carbocycles. The summed E-state index contributed by atoms with van der Waals surface area (Å²) in [4.78, 5) is 1.16. The summed E-state index contributed by atoms with van der Waals surface area (Å²) in [6, 6.07) is 24.2. The number of hydrogen-bond donors (Lipinski definition) is 2. The van der Waals surface area contributed by atoms with Gasteiger partial charge >= 0.3 is 0 Å². The Morgan fingerprint density at radius 3 is 2.28 bits per heavy atom. The van der Waals surface area contributed by atoms with Crippen molar-refractivity contribution in [3.63, 3.8) is 0 Å². The van der Waals surface area contributed by atoms with Crippen LogP contribution in [0.5, 0.6) is 0 Å². The van der Waals surface area contributed by atoms with Gasteiger partial charge in [0, 0.05) is 33.2 Å². The standard InChI is InChI=1S/C24H25Cl2NOS/c1-2-27-15-23(28)24(17-6-4-3-5-7-17)18-9-12-21(13-10-18)29-16-19-8-11-20(25)14-22(19)26/h3-14,23-24,27-28H,2,15-16H2,1H3. The van der Waals surface area contributed by atoms with Crippen LogP contribution in [-0.2, 0) is 5.75 Å². The first-order valence-electron chi connectivity index (χ1n) is 9.69. The zero-order valence-electron chi connectivity index (χ0n) is 16.3. The van der Waals surface area contributed by atoms with E-state index in [1.807, 2.05) is 37.3 Å². The van der Waals surface area contributed by atoms with E-state index in [1.165, 1.54) is 0 Å². The number of aliphatic hydroxyl groups is 1. The molecule has 5 heteroatoms. The fourth-order valence-electron chi connectivity index (χ4n) is 3.28. The second-order valence-corrected chi connectivity index (χ2v) is 8.75. The molecule has 2 atom stereocenters. The molecule has 0 heterocycles. The van der Waals surface area contributed by atoms with Crippen LogP contribution in [0.15, 0.2) is 77.7 Å². The number of benzene rings is 3. The second kappa shape index (κ2) is 11.1. The fourth-order valence-corrected chi connectivity index (χ4v) is 4.74. The third kappa shape index (κ3) is 6.24. The quantitative estimate of drug-likeness (QED) is 0.374. The zero-order valence-corrected chi connectivity index (χ0v) is 18.6. The van der Waals surface area contributed by atoms with Crippen molar-refractivity contribution in [2.45, 2.75) is 29.6 Å². The van der Waals surface area contributed by atoms with Gasteiger partial charge in [0.2, 0.25) is 0 Å². The normalized spacial score (nSPS) is 13.2. The molecule has 0 aliphatic carbocycles. The van der Waals surface area contributed by atoms with Gasteiger partial charge in [0.15, 0.2) is 0 Å². The molecule has 0 aromatic heterocycles. The Morgan fingerprint density at radius 2 is 1.62 bits per heavy atom. The van der Waals surface area contributed by atoms with Gasteiger partial charge in [0.25, 0.3) is 0 Å². The minimum Gasteiger partial charge on any atom is -0.391 e. The van der Waals surface area contributed by atoms with E-state index < -0.39 is 6.10 Å². The largest absolute Gasteiger partial charge is 0.391 e. The molecule has 2 N–H and O–H groups in total. The number of likely N-dealkylation sites (N-methyl/N-ethyl adjacent to an activating group) is 1. The van der Waals surface area contributed by atoms with Crippen molar-refractivity contribution in [3.8, 4) is 0 Å². The number of aliphatic hydroxyl groups excluding tert-OH is 1. The summed E-state index contributed by atoms with van der Waals surface area (Å²) in [5.74, 6) is 0.709. The lowest BCUT2D eigenvalue weighted by molar-refractivity contribution is 0.154. The Kier molecular flexibility index (Phi) is 8.46. The topological polar surface area (TPSA) is 32.3 Å². The molecule has 0 aliphatic heterocycles. The lowest BCUT2D eigenvalue weighted by Crippen LogP contribution is -2.32. The molecule has 29 heavy (non-hydrogen) atoms. The maximum absolute atomic E-state index is 10.8. The van der Waals surface area contributed by atoms with E-state index in [0.717, 1.165) is 33.9 Å². The highest BCUT2D eigenvalue weighted by Gasteiger charge is 2.22. The summed E-state index contributed by atoms with van der Waals surface area (Å²) in [5, 5.41) is 15.4. The molecular weight excluding hydrogens is 421 g/mol. The number of nitrogens with one attached hydrogen (secondary N) is 1. The maximum Gasteiger partial charge on any atom is 0.0773 e. The number of halogens is 2. The molecule has 0 radical (unpaired) electrons. The van der Waals surface area contributed by atoms with Crippen molar-refractivity contribution in [1.82, 2.24) is 5.32 Å². The summed E-state index contributed by atoms with van der Waals surface area (Å²) in [7, 11) is 0. The third-order valence-corrected chi connectivity index (χ3v) is 6.44. The molecule has 2 nitrogen and oxygen atoms in total. The molecular formula is C24H25Cl2NOS. The molecule has 0 amide bonds. The Balaban J connectivity index is 1.74. The van der Waals surface area contributed by atoms with Gasteiger partial charge in [-0.1, -0.05) is 78.7 Å². The number of rotatable bonds is 9. The minimum atomic E-state index is -0.497. The average Bonchev–Trinajstić information content (AvgIpc) is 2.73. The number of hydrogen-bond acceptors (Lipinski definition) is 3. The van der Waals surface area contributed by atoms with E-state index in [2.05, 4.69) is 41.7 Å². The summed E-state index contributed by atoms with van der Waals surface area (Å²) < 4.78 is 0. The van der Waals surface area contributed by atoms with Gasteiger partial charge in [0.1, 0.15) is 0 Å². The van der Waals surface area contributed by atoms with Gasteiger partial charge in [0.05, 0.1) is 6.10 Å². The van der Waals surface area contributed by atoms with Gasteiger partial charge in [-0.25, -0.2) is 0 Å². The highest BCUT2D eigenvalue weighted by Crippen LogP contribution is 2.32. The molecule has 2 unspecified atom stereocenters. The van der Waals surface area contributed by atoms with Crippen LogP contribution in [0.3, 0.4) is 0 Å². The van der Waals surface area contributed by atoms with Crippen LogP contribution in [0.4, 0.5) is 0 Å². The smallest absolute Gasteiger partial charge is 0.0773 e. The monoisotopic (exact) mass is 445 g/mol. The van der Waals surface area contributed by atoms with E-state index in [4.69, 9.17) is 23.2 Å². The van der Waals surface area contributed by atoms with E-state index >= 15 is 0 Å². The van der Waals surface area contributed by atoms with Gasteiger partial charge in [-0.3, -0.25) is 0 Å². The van der Waals surface area contributed by atoms with Gasteiger partial charge in [-0.15, -0.1) is 11.8 Å².